The summed E-state index contributed by atoms with van der Waals surface area (Å²) in [6.07, 6.45) is -14.8. The number of halogens is 6. The van der Waals surface area contributed by atoms with Crippen LogP contribution in [0.2, 0.25) is 0 Å². The Morgan fingerprint density at radius 3 is 1.91 bits per heavy atom. The number of carbonyl (C=O) groups excluding carboxylic acids is 1. The van der Waals surface area contributed by atoms with Gasteiger partial charge >= 0.3 is 24.3 Å². The predicted molar refractivity (Wildman–Crippen MR) is 66.4 cm³/mol. The predicted octanol–water partition coefficient (Wildman–Crippen LogP) is 2.47. The van der Waals surface area contributed by atoms with Crippen LogP contribution in [0.15, 0.2) is 12.2 Å². The second-order valence-corrected chi connectivity index (χ2v) is 6.22. The summed E-state index contributed by atoms with van der Waals surface area (Å²) in [6.45, 7) is 0. The first-order chi connectivity index (χ1) is 9.69. The molecule has 126 valence electrons. The molecule has 12 heteroatoms. The fourth-order valence-corrected chi connectivity index (χ4v) is 2.50. The molecule has 0 spiro atoms. The monoisotopic (exact) mass is 370 g/mol. The lowest BCUT2D eigenvalue weighted by molar-refractivity contribution is -0.312. The van der Waals surface area contributed by atoms with E-state index in [4.69, 9.17) is 5.11 Å². The molecule has 0 unspecified atom stereocenters. The van der Waals surface area contributed by atoms with Gasteiger partial charge in [-0.15, -0.1) is 0 Å². The van der Waals surface area contributed by atoms with Gasteiger partial charge in [-0.25, -0.2) is 4.79 Å². The lowest BCUT2D eigenvalue weighted by atomic mass is 10.3. The molecule has 1 N–H and O–H groups in total. The molecule has 1 aliphatic carbocycles. The number of esters is 1. The minimum Gasteiger partial charge on any atom is -0.481 e. The van der Waals surface area contributed by atoms with E-state index in [1.165, 1.54) is 0 Å². The van der Waals surface area contributed by atoms with Crippen LogP contribution in [-0.2, 0) is 14.3 Å². The van der Waals surface area contributed by atoms with Crippen LogP contribution < -0.4 is 0 Å². The number of aliphatic carboxylic acids is 1. The summed E-state index contributed by atoms with van der Waals surface area (Å²) in [5.41, 5.74) is 0. The van der Waals surface area contributed by atoms with Crippen LogP contribution in [0.25, 0.3) is 0 Å². The number of carboxylic acid groups (broad SMARTS) is 1. The molecule has 1 rings (SSSR count). The first-order valence-electron chi connectivity index (χ1n) is 5.38. The minimum absolute atomic E-state index is 0.291. The van der Waals surface area contributed by atoms with Crippen molar-refractivity contribution in [2.24, 2.45) is 11.8 Å². The number of hydrogen-bond acceptors (Lipinski definition) is 5. The molecule has 0 aromatic carbocycles. The molecule has 0 radical (unpaired) electrons. The number of allylic oxidation sites excluding steroid dienone is 1. The molecule has 0 aliphatic heterocycles. The second-order valence-electron chi connectivity index (χ2n) is 4.38. The Morgan fingerprint density at radius 2 is 1.59 bits per heavy atom. The molecule has 4 nitrogen and oxygen atoms in total. The first-order valence-corrected chi connectivity index (χ1v) is 6.28. The Balaban J connectivity index is 2.74. The van der Waals surface area contributed by atoms with E-state index in [1.54, 1.807) is 0 Å². The standard InChI is InChI=1S/C10H8F6O4S2/c11-9(12,13)7(10(14,15)16)20-4(17)2-1-3-5(6(18)19)8(3,21)22/h1-3,5,7,21-22H,(H,18,19)/b2-1-/t3-,5-/m1/s1. The van der Waals surface area contributed by atoms with Crippen molar-refractivity contribution in [3.8, 4) is 0 Å². The quantitative estimate of drug-likeness (QED) is 0.234. The van der Waals surface area contributed by atoms with E-state index in [1.807, 2.05) is 0 Å². The van der Waals surface area contributed by atoms with E-state index in [0.29, 0.717) is 6.08 Å². The van der Waals surface area contributed by atoms with Crippen molar-refractivity contribution in [1.82, 2.24) is 0 Å². The molecule has 0 saturated heterocycles. The van der Waals surface area contributed by atoms with E-state index >= 15 is 0 Å². The van der Waals surface area contributed by atoms with Crippen LogP contribution in [0.5, 0.6) is 0 Å². The third-order valence-corrected chi connectivity index (χ3v) is 3.89. The average molecular weight is 370 g/mol. The largest absolute Gasteiger partial charge is 0.481 e. The van der Waals surface area contributed by atoms with Crippen molar-refractivity contribution >= 4 is 37.2 Å². The molecule has 2 atom stereocenters. The number of ether oxygens (including phenoxy) is 1. The molecule has 0 bridgehead atoms. The van der Waals surface area contributed by atoms with Gasteiger partial charge in [0, 0.05) is 12.0 Å². The number of hydrogen-bond donors (Lipinski definition) is 3. The zero-order valence-corrected chi connectivity index (χ0v) is 12.0. The van der Waals surface area contributed by atoms with Crippen LogP contribution in [0.3, 0.4) is 0 Å². The first kappa shape index (κ1) is 19.0. The Bertz CT molecular complexity index is 485. The Kier molecular flexibility index (Phi) is 5.07. The molecule has 1 aliphatic rings. The Hall–Kier alpha value is -1.04. The molecule has 0 aromatic heterocycles. The summed E-state index contributed by atoms with van der Waals surface area (Å²) in [6, 6.07) is 0. The van der Waals surface area contributed by atoms with Crippen molar-refractivity contribution in [1.29, 1.82) is 0 Å². The minimum atomic E-state index is -5.82. The van der Waals surface area contributed by atoms with Gasteiger partial charge in [0.2, 0.25) is 0 Å². The van der Waals surface area contributed by atoms with Crippen LogP contribution >= 0.6 is 25.3 Å². The van der Waals surface area contributed by atoms with Gasteiger partial charge in [-0.05, 0) is 0 Å². The molecule has 22 heavy (non-hydrogen) atoms. The number of carboxylic acids is 1. The zero-order chi connectivity index (χ0) is 17.5. The van der Waals surface area contributed by atoms with Gasteiger partial charge in [-0.1, -0.05) is 6.08 Å². The third kappa shape index (κ3) is 4.24. The number of alkyl halides is 6. The van der Waals surface area contributed by atoms with Gasteiger partial charge in [0.1, 0.15) is 0 Å². The normalized spacial score (nSPS) is 24.6. The fraction of sp³-hybridized carbons (Fsp3) is 0.600. The zero-order valence-electron chi connectivity index (χ0n) is 10.2. The highest BCUT2D eigenvalue weighted by molar-refractivity contribution is 8.01. The maximum Gasteiger partial charge on any atom is 0.434 e. The molecule has 0 aromatic rings. The maximum absolute atomic E-state index is 12.2. The number of thiol groups is 2. The van der Waals surface area contributed by atoms with Crippen LogP contribution in [0.4, 0.5) is 26.3 Å². The molecular weight excluding hydrogens is 362 g/mol. The molecule has 0 amide bonds. The van der Waals surface area contributed by atoms with E-state index in [-0.39, 0.29) is 0 Å². The number of rotatable bonds is 4. The lowest BCUT2D eigenvalue weighted by Gasteiger charge is -2.22. The van der Waals surface area contributed by atoms with Gasteiger partial charge in [0.05, 0.1) is 10.00 Å². The summed E-state index contributed by atoms with van der Waals surface area (Å²) >= 11 is 7.69. The van der Waals surface area contributed by atoms with Gasteiger partial charge in [0.15, 0.2) is 0 Å². The van der Waals surface area contributed by atoms with Crippen LogP contribution in [0.1, 0.15) is 0 Å². The van der Waals surface area contributed by atoms with Gasteiger partial charge in [-0.2, -0.15) is 51.6 Å². The van der Waals surface area contributed by atoms with E-state index < -0.39 is 46.3 Å². The van der Waals surface area contributed by atoms with Crippen molar-refractivity contribution in [3.05, 3.63) is 12.2 Å². The fourth-order valence-electron chi connectivity index (χ4n) is 1.63. The molecule has 1 saturated carbocycles. The van der Waals surface area contributed by atoms with E-state index in [2.05, 4.69) is 30.0 Å². The van der Waals surface area contributed by atoms with Crippen LogP contribution in [-0.4, -0.2) is 39.6 Å². The summed E-state index contributed by atoms with van der Waals surface area (Å²) in [4.78, 5) is 21.8. The SMILES string of the molecule is O=C(/C=C\[C@@H]1[C@H](C(=O)O)C1(S)S)OC(C(F)(F)F)C(F)(F)F. The highest BCUT2D eigenvalue weighted by atomic mass is 32.2. The Labute approximate surface area is 130 Å². The van der Waals surface area contributed by atoms with Gasteiger partial charge in [-0.3, -0.25) is 4.79 Å². The van der Waals surface area contributed by atoms with Crippen molar-refractivity contribution in [2.45, 2.75) is 22.5 Å². The molecule has 0 heterocycles. The van der Waals surface area contributed by atoms with Gasteiger partial charge in [0.25, 0.3) is 6.10 Å². The summed E-state index contributed by atoms with van der Waals surface area (Å²) in [7, 11) is 0. The maximum atomic E-state index is 12.2. The smallest absolute Gasteiger partial charge is 0.434 e. The Morgan fingerprint density at radius 1 is 1.14 bits per heavy atom. The molecule has 1 fully saturated rings. The van der Waals surface area contributed by atoms with Gasteiger partial charge < -0.3 is 9.84 Å². The van der Waals surface area contributed by atoms with Crippen molar-refractivity contribution in [3.63, 3.8) is 0 Å². The van der Waals surface area contributed by atoms with Crippen LogP contribution in [0, 0.1) is 11.8 Å². The van der Waals surface area contributed by atoms with E-state index in [0.717, 1.165) is 6.08 Å². The van der Waals surface area contributed by atoms with E-state index in [9.17, 15) is 35.9 Å². The van der Waals surface area contributed by atoms with Crippen molar-refractivity contribution in [2.75, 3.05) is 0 Å². The third-order valence-electron chi connectivity index (χ3n) is 2.73. The lowest BCUT2D eigenvalue weighted by Crippen LogP contribution is -2.45. The second kappa shape index (κ2) is 5.87. The summed E-state index contributed by atoms with van der Waals surface area (Å²) in [5.74, 6) is -5.31. The summed E-state index contributed by atoms with van der Waals surface area (Å²) < 4.78 is 74.9. The highest BCUT2D eigenvalue weighted by Gasteiger charge is 2.63. The average Bonchev–Trinajstić information content (AvgIpc) is 2.82. The topological polar surface area (TPSA) is 63.6 Å². The van der Waals surface area contributed by atoms with Crippen molar-refractivity contribution < 1.29 is 45.8 Å². The molecular formula is C10H8F6O4S2. The number of carbonyl (C=O) groups is 2. The summed E-state index contributed by atoms with van der Waals surface area (Å²) in [5, 5.41) is 8.74. The highest BCUT2D eigenvalue weighted by Crippen LogP contribution is 2.59.